The van der Waals surface area contributed by atoms with Crippen LogP contribution < -0.4 is 10.1 Å². The topological polar surface area (TPSA) is 34.1 Å². The van der Waals surface area contributed by atoms with Gasteiger partial charge in [-0.3, -0.25) is 0 Å². The van der Waals surface area contributed by atoms with Crippen LogP contribution in [-0.4, -0.2) is 11.5 Å². The van der Waals surface area contributed by atoms with E-state index in [1.165, 1.54) is 0 Å². The fraction of sp³-hybridized carbons (Fsp3) is 0.353. The first-order chi connectivity index (χ1) is 10.0. The predicted molar refractivity (Wildman–Crippen MR) is 87.0 cm³/mol. The molecule has 4 heteroatoms. The van der Waals surface area contributed by atoms with E-state index < -0.39 is 0 Å². The van der Waals surface area contributed by atoms with Crippen LogP contribution in [0, 0.1) is 12.8 Å². The summed E-state index contributed by atoms with van der Waals surface area (Å²) in [5.41, 5.74) is 2.09. The summed E-state index contributed by atoms with van der Waals surface area (Å²) < 4.78 is 5.79. The van der Waals surface area contributed by atoms with Gasteiger partial charge in [0.2, 0.25) is 5.88 Å². The van der Waals surface area contributed by atoms with E-state index in [0.717, 1.165) is 24.3 Å². The Morgan fingerprint density at radius 1 is 1.24 bits per heavy atom. The third-order valence-corrected chi connectivity index (χ3v) is 3.23. The first kappa shape index (κ1) is 15.8. The Bertz CT molecular complexity index is 599. The second-order valence-electron chi connectivity index (χ2n) is 5.51. The Balaban J connectivity index is 2.10. The van der Waals surface area contributed by atoms with Crippen molar-refractivity contribution < 1.29 is 4.74 Å². The van der Waals surface area contributed by atoms with Crippen LogP contribution in [-0.2, 0) is 6.54 Å². The van der Waals surface area contributed by atoms with Gasteiger partial charge in [0.1, 0.15) is 5.75 Å². The Hall–Kier alpha value is -1.58. The zero-order valence-corrected chi connectivity index (χ0v) is 13.4. The van der Waals surface area contributed by atoms with Crippen molar-refractivity contribution in [1.82, 2.24) is 10.3 Å². The summed E-state index contributed by atoms with van der Waals surface area (Å²) in [5.74, 6) is 1.83. The molecule has 0 saturated carbocycles. The van der Waals surface area contributed by atoms with E-state index in [1.54, 1.807) is 6.07 Å². The van der Waals surface area contributed by atoms with Gasteiger partial charge >= 0.3 is 0 Å². The van der Waals surface area contributed by atoms with Crippen LogP contribution in [0.2, 0.25) is 5.02 Å². The van der Waals surface area contributed by atoms with Crippen LogP contribution in [0.3, 0.4) is 0 Å². The molecule has 0 radical (unpaired) electrons. The van der Waals surface area contributed by atoms with Gasteiger partial charge in [-0.05, 0) is 43.1 Å². The maximum absolute atomic E-state index is 6.11. The summed E-state index contributed by atoms with van der Waals surface area (Å²) >= 11 is 6.11. The minimum Gasteiger partial charge on any atom is -0.437 e. The molecule has 21 heavy (non-hydrogen) atoms. The third kappa shape index (κ3) is 5.03. The molecule has 2 rings (SSSR count). The minimum absolute atomic E-state index is 0.574. The first-order valence-electron chi connectivity index (χ1n) is 7.15. The average molecular weight is 305 g/mol. The van der Waals surface area contributed by atoms with E-state index in [-0.39, 0.29) is 0 Å². The lowest BCUT2D eigenvalue weighted by molar-refractivity contribution is 0.460. The molecule has 0 spiro atoms. The highest BCUT2D eigenvalue weighted by molar-refractivity contribution is 6.32. The molecule has 1 N–H and O–H groups in total. The van der Waals surface area contributed by atoms with Crippen LogP contribution in [0.15, 0.2) is 36.4 Å². The Labute approximate surface area is 131 Å². The van der Waals surface area contributed by atoms with Gasteiger partial charge < -0.3 is 10.1 Å². The Kier molecular flexibility index (Phi) is 5.59. The quantitative estimate of drug-likeness (QED) is 0.848. The van der Waals surface area contributed by atoms with Crippen LogP contribution >= 0.6 is 11.6 Å². The molecule has 0 aliphatic carbocycles. The van der Waals surface area contributed by atoms with Crippen LogP contribution in [0.25, 0.3) is 0 Å². The zero-order chi connectivity index (χ0) is 15.2. The number of rotatable bonds is 6. The van der Waals surface area contributed by atoms with Crippen molar-refractivity contribution in [3.63, 3.8) is 0 Å². The van der Waals surface area contributed by atoms with E-state index in [0.29, 0.717) is 22.6 Å². The molecule has 0 aliphatic heterocycles. The molecule has 0 aliphatic rings. The summed E-state index contributed by atoms with van der Waals surface area (Å²) in [6.45, 7) is 8.14. The standard InChI is InChI=1S/C17H21ClN2O/c1-12(2)10-19-11-14-8-13(3)20-17(9-14)21-16-7-5-4-6-15(16)18/h4-9,12,19H,10-11H2,1-3H3. The smallest absolute Gasteiger partial charge is 0.219 e. The van der Waals surface area contributed by atoms with E-state index in [2.05, 4.69) is 30.2 Å². The number of benzene rings is 1. The lowest BCUT2D eigenvalue weighted by atomic mass is 10.2. The van der Waals surface area contributed by atoms with Gasteiger partial charge in [0.05, 0.1) is 5.02 Å². The highest BCUT2D eigenvalue weighted by Crippen LogP contribution is 2.28. The molecule has 3 nitrogen and oxygen atoms in total. The molecular formula is C17H21ClN2O. The summed E-state index contributed by atoms with van der Waals surface area (Å²) in [6, 6.07) is 11.4. The van der Waals surface area contributed by atoms with Crippen LogP contribution in [0.5, 0.6) is 11.6 Å². The van der Waals surface area contributed by atoms with E-state index in [1.807, 2.05) is 31.2 Å². The lowest BCUT2D eigenvalue weighted by Gasteiger charge is -2.11. The molecule has 0 bridgehead atoms. The predicted octanol–water partition coefficient (Wildman–Crippen LogP) is 4.58. The minimum atomic E-state index is 0.574. The monoisotopic (exact) mass is 304 g/mol. The van der Waals surface area contributed by atoms with Crippen molar-refractivity contribution in [3.8, 4) is 11.6 Å². The molecule has 1 aromatic heterocycles. The van der Waals surface area contributed by atoms with Gasteiger partial charge in [-0.1, -0.05) is 37.6 Å². The molecule has 0 unspecified atom stereocenters. The van der Waals surface area contributed by atoms with Gasteiger partial charge in [-0.15, -0.1) is 0 Å². The zero-order valence-electron chi connectivity index (χ0n) is 12.7. The summed E-state index contributed by atoms with van der Waals surface area (Å²) in [4.78, 5) is 4.40. The van der Waals surface area contributed by atoms with Crippen molar-refractivity contribution >= 4 is 11.6 Å². The number of nitrogens with one attached hydrogen (secondary N) is 1. The molecule has 1 aromatic carbocycles. The molecule has 0 atom stereocenters. The Morgan fingerprint density at radius 3 is 2.71 bits per heavy atom. The fourth-order valence-electron chi connectivity index (χ4n) is 2.01. The van der Waals surface area contributed by atoms with Crippen LogP contribution in [0.4, 0.5) is 0 Å². The van der Waals surface area contributed by atoms with Crippen molar-refractivity contribution in [2.75, 3.05) is 6.54 Å². The lowest BCUT2D eigenvalue weighted by Crippen LogP contribution is -2.19. The summed E-state index contributed by atoms with van der Waals surface area (Å²) in [5, 5.41) is 4.01. The van der Waals surface area contributed by atoms with Gasteiger partial charge in [-0.25, -0.2) is 4.98 Å². The second kappa shape index (κ2) is 7.43. The number of pyridine rings is 1. The third-order valence-electron chi connectivity index (χ3n) is 2.92. The number of ether oxygens (including phenoxy) is 1. The van der Waals surface area contributed by atoms with Crippen LogP contribution in [0.1, 0.15) is 25.1 Å². The van der Waals surface area contributed by atoms with Crippen molar-refractivity contribution in [3.05, 3.63) is 52.7 Å². The number of halogens is 1. The highest BCUT2D eigenvalue weighted by atomic mass is 35.5. The van der Waals surface area contributed by atoms with E-state index in [4.69, 9.17) is 16.3 Å². The molecule has 112 valence electrons. The largest absolute Gasteiger partial charge is 0.437 e. The second-order valence-corrected chi connectivity index (χ2v) is 5.92. The first-order valence-corrected chi connectivity index (χ1v) is 7.53. The van der Waals surface area contributed by atoms with Crippen molar-refractivity contribution in [2.24, 2.45) is 5.92 Å². The number of nitrogens with zero attached hydrogens (tertiary/aromatic N) is 1. The van der Waals surface area contributed by atoms with Gasteiger partial charge in [0.15, 0.2) is 0 Å². The van der Waals surface area contributed by atoms with E-state index >= 15 is 0 Å². The van der Waals surface area contributed by atoms with Crippen molar-refractivity contribution in [2.45, 2.75) is 27.3 Å². The maximum Gasteiger partial charge on any atom is 0.219 e. The number of aromatic nitrogens is 1. The van der Waals surface area contributed by atoms with Crippen molar-refractivity contribution in [1.29, 1.82) is 0 Å². The highest BCUT2D eigenvalue weighted by Gasteiger charge is 2.06. The van der Waals surface area contributed by atoms with Gasteiger partial charge in [-0.2, -0.15) is 0 Å². The fourth-order valence-corrected chi connectivity index (χ4v) is 2.18. The number of aryl methyl sites for hydroxylation is 1. The normalized spacial score (nSPS) is 10.9. The molecular weight excluding hydrogens is 284 g/mol. The Morgan fingerprint density at radius 2 is 2.00 bits per heavy atom. The number of hydrogen-bond acceptors (Lipinski definition) is 3. The molecule has 1 heterocycles. The number of hydrogen-bond donors (Lipinski definition) is 1. The summed E-state index contributed by atoms with van der Waals surface area (Å²) in [7, 11) is 0. The number of para-hydroxylation sites is 1. The molecule has 0 saturated heterocycles. The maximum atomic E-state index is 6.11. The average Bonchev–Trinajstić information content (AvgIpc) is 2.40. The molecule has 0 amide bonds. The molecule has 2 aromatic rings. The summed E-state index contributed by atoms with van der Waals surface area (Å²) in [6.07, 6.45) is 0. The van der Waals surface area contributed by atoms with Gasteiger partial charge in [0.25, 0.3) is 0 Å². The van der Waals surface area contributed by atoms with E-state index in [9.17, 15) is 0 Å². The molecule has 0 fully saturated rings. The van der Waals surface area contributed by atoms with Gasteiger partial charge in [0, 0.05) is 18.3 Å². The SMILES string of the molecule is Cc1cc(CNCC(C)C)cc(Oc2ccccc2Cl)n1.